The summed E-state index contributed by atoms with van der Waals surface area (Å²) in [6.45, 7) is 2.38. The molecule has 16 heavy (non-hydrogen) atoms. The molecule has 1 aliphatic heterocycles. The fourth-order valence-corrected chi connectivity index (χ4v) is 1.96. The van der Waals surface area contributed by atoms with E-state index in [9.17, 15) is 4.79 Å². The van der Waals surface area contributed by atoms with Crippen molar-refractivity contribution in [3.8, 4) is 0 Å². The quantitative estimate of drug-likeness (QED) is 0.448. The highest BCUT2D eigenvalue weighted by Crippen LogP contribution is 2.15. The zero-order valence-electron chi connectivity index (χ0n) is 10.4. The monoisotopic (exact) mass is 228 g/mol. The van der Waals surface area contributed by atoms with Crippen molar-refractivity contribution < 1.29 is 14.3 Å². The van der Waals surface area contributed by atoms with Crippen LogP contribution in [-0.2, 0) is 14.3 Å². The fourth-order valence-electron chi connectivity index (χ4n) is 1.96. The average Bonchev–Trinajstić information content (AvgIpc) is 2.68. The minimum absolute atomic E-state index is 0.141. The third-order valence-corrected chi connectivity index (χ3v) is 2.94. The van der Waals surface area contributed by atoms with E-state index in [1.54, 1.807) is 0 Å². The van der Waals surface area contributed by atoms with E-state index >= 15 is 0 Å². The Kier molecular flexibility index (Phi) is 7.23. The van der Waals surface area contributed by atoms with E-state index < -0.39 is 0 Å². The first kappa shape index (κ1) is 13.5. The Balaban J connectivity index is 1.79. The predicted octanol–water partition coefficient (Wildman–Crippen LogP) is 3.42. The Morgan fingerprint density at radius 1 is 1.06 bits per heavy atom. The number of hydrogen-bond donors (Lipinski definition) is 0. The number of hydrogen-bond acceptors (Lipinski definition) is 3. The van der Waals surface area contributed by atoms with Gasteiger partial charge in [-0.05, 0) is 6.42 Å². The molecule has 1 rings (SSSR count). The summed E-state index contributed by atoms with van der Waals surface area (Å²) in [6, 6.07) is 0. The third-order valence-electron chi connectivity index (χ3n) is 2.94. The predicted molar refractivity (Wildman–Crippen MR) is 63.1 cm³/mol. The largest absolute Gasteiger partial charge is 0.434 e. The molecule has 1 unspecified atom stereocenters. The van der Waals surface area contributed by atoms with Gasteiger partial charge in [-0.2, -0.15) is 0 Å². The molecule has 1 heterocycles. The third kappa shape index (κ3) is 6.11. The van der Waals surface area contributed by atoms with Gasteiger partial charge in [0.05, 0.1) is 0 Å². The van der Waals surface area contributed by atoms with Gasteiger partial charge in [0, 0.05) is 6.42 Å². The fraction of sp³-hybridized carbons (Fsp3) is 0.923. The SMILES string of the molecule is CCCCCCCCCCC1OCC(=O)O1. The lowest BCUT2D eigenvalue weighted by atomic mass is 10.1. The van der Waals surface area contributed by atoms with Crippen LogP contribution >= 0.6 is 0 Å². The van der Waals surface area contributed by atoms with Crippen LogP contribution in [0.1, 0.15) is 64.7 Å². The van der Waals surface area contributed by atoms with Gasteiger partial charge >= 0.3 is 5.97 Å². The first-order chi connectivity index (χ1) is 7.83. The van der Waals surface area contributed by atoms with Gasteiger partial charge < -0.3 is 9.47 Å². The van der Waals surface area contributed by atoms with Crippen LogP contribution in [0.3, 0.4) is 0 Å². The van der Waals surface area contributed by atoms with Crippen LogP contribution in [0.2, 0.25) is 0 Å². The maximum atomic E-state index is 10.7. The first-order valence-corrected chi connectivity index (χ1v) is 6.64. The second kappa shape index (κ2) is 8.57. The number of carbonyl (C=O) groups excluding carboxylic acids is 1. The number of unbranched alkanes of at least 4 members (excludes halogenated alkanes) is 7. The summed E-state index contributed by atoms with van der Waals surface area (Å²) in [4.78, 5) is 10.7. The Morgan fingerprint density at radius 2 is 1.69 bits per heavy atom. The molecule has 0 radical (unpaired) electrons. The van der Waals surface area contributed by atoms with Crippen molar-refractivity contribution in [3.63, 3.8) is 0 Å². The molecule has 3 nitrogen and oxygen atoms in total. The number of rotatable bonds is 9. The van der Waals surface area contributed by atoms with Crippen LogP contribution in [-0.4, -0.2) is 18.9 Å². The molecular formula is C13H24O3. The molecule has 1 fully saturated rings. The van der Waals surface area contributed by atoms with Gasteiger partial charge in [-0.3, -0.25) is 0 Å². The van der Waals surface area contributed by atoms with Gasteiger partial charge in [0.1, 0.15) is 6.61 Å². The standard InChI is InChI=1S/C13H24O3/c1-2-3-4-5-6-7-8-9-10-13-15-11-12(14)16-13/h13H,2-11H2,1H3. The first-order valence-electron chi connectivity index (χ1n) is 6.64. The van der Waals surface area contributed by atoms with Crippen molar-refractivity contribution in [1.29, 1.82) is 0 Å². The molecule has 0 spiro atoms. The summed E-state index contributed by atoms with van der Waals surface area (Å²) in [5.41, 5.74) is 0. The van der Waals surface area contributed by atoms with Gasteiger partial charge in [-0.25, -0.2) is 4.79 Å². The minimum Gasteiger partial charge on any atom is -0.434 e. The van der Waals surface area contributed by atoms with Crippen LogP contribution in [0.15, 0.2) is 0 Å². The molecule has 0 bridgehead atoms. The van der Waals surface area contributed by atoms with E-state index in [1.165, 1.54) is 44.9 Å². The zero-order chi connectivity index (χ0) is 11.6. The van der Waals surface area contributed by atoms with Gasteiger partial charge in [0.15, 0.2) is 0 Å². The minimum atomic E-state index is -0.257. The van der Waals surface area contributed by atoms with Crippen molar-refractivity contribution in [2.75, 3.05) is 6.61 Å². The molecular weight excluding hydrogens is 204 g/mol. The van der Waals surface area contributed by atoms with Gasteiger partial charge in [0.25, 0.3) is 0 Å². The molecule has 1 saturated heterocycles. The van der Waals surface area contributed by atoms with Crippen LogP contribution in [0.4, 0.5) is 0 Å². The normalized spacial score (nSPS) is 20.1. The molecule has 0 N–H and O–H groups in total. The lowest BCUT2D eigenvalue weighted by molar-refractivity contribution is -0.143. The molecule has 0 aromatic carbocycles. The van der Waals surface area contributed by atoms with Crippen LogP contribution in [0.25, 0.3) is 0 Å². The molecule has 0 saturated carbocycles. The lowest BCUT2D eigenvalue weighted by Gasteiger charge is -2.07. The van der Waals surface area contributed by atoms with Crippen molar-refractivity contribution in [3.05, 3.63) is 0 Å². The molecule has 0 aliphatic carbocycles. The van der Waals surface area contributed by atoms with Crippen LogP contribution in [0.5, 0.6) is 0 Å². The summed E-state index contributed by atoms with van der Waals surface area (Å²) >= 11 is 0. The highest BCUT2D eigenvalue weighted by atomic mass is 16.7. The highest BCUT2D eigenvalue weighted by molar-refractivity contribution is 5.72. The van der Waals surface area contributed by atoms with Gasteiger partial charge in [-0.1, -0.05) is 51.9 Å². The zero-order valence-corrected chi connectivity index (χ0v) is 10.4. The van der Waals surface area contributed by atoms with E-state index in [0.717, 1.165) is 12.8 Å². The Bertz CT molecular complexity index is 192. The number of ether oxygens (including phenoxy) is 2. The smallest absolute Gasteiger partial charge is 0.334 e. The van der Waals surface area contributed by atoms with Crippen molar-refractivity contribution in [2.24, 2.45) is 0 Å². The van der Waals surface area contributed by atoms with E-state index in [2.05, 4.69) is 6.92 Å². The Morgan fingerprint density at radius 3 is 2.25 bits per heavy atom. The van der Waals surface area contributed by atoms with E-state index in [-0.39, 0.29) is 18.9 Å². The topological polar surface area (TPSA) is 35.5 Å². The van der Waals surface area contributed by atoms with Crippen molar-refractivity contribution in [2.45, 2.75) is 71.0 Å². The molecule has 0 amide bonds. The molecule has 94 valence electrons. The average molecular weight is 228 g/mol. The van der Waals surface area contributed by atoms with Crippen LogP contribution in [0, 0.1) is 0 Å². The second-order valence-electron chi connectivity index (χ2n) is 4.49. The molecule has 3 heteroatoms. The number of carbonyl (C=O) groups is 1. The van der Waals surface area contributed by atoms with Crippen molar-refractivity contribution >= 4 is 5.97 Å². The molecule has 1 aliphatic rings. The second-order valence-corrected chi connectivity index (χ2v) is 4.49. The summed E-state index contributed by atoms with van der Waals surface area (Å²) in [5, 5.41) is 0. The summed E-state index contributed by atoms with van der Waals surface area (Å²) < 4.78 is 10.1. The molecule has 1 atom stereocenters. The molecule has 0 aromatic rings. The highest BCUT2D eigenvalue weighted by Gasteiger charge is 2.22. The molecule has 0 aromatic heterocycles. The number of esters is 1. The van der Waals surface area contributed by atoms with Gasteiger partial charge in [-0.15, -0.1) is 0 Å². The van der Waals surface area contributed by atoms with Gasteiger partial charge in [0.2, 0.25) is 6.29 Å². The van der Waals surface area contributed by atoms with E-state index in [0.29, 0.717) is 0 Å². The van der Waals surface area contributed by atoms with Crippen LogP contribution < -0.4 is 0 Å². The summed E-state index contributed by atoms with van der Waals surface area (Å²) in [6.07, 6.45) is 11.0. The summed E-state index contributed by atoms with van der Waals surface area (Å²) in [5.74, 6) is -0.218. The summed E-state index contributed by atoms with van der Waals surface area (Å²) in [7, 11) is 0. The maximum Gasteiger partial charge on any atom is 0.334 e. The Hall–Kier alpha value is -0.570. The van der Waals surface area contributed by atoms with E-state index in [1.807, 2.05) is 0 Å². The lowest BCUT2D eigenvalue weighted by Crippen LogP contribution is -2.07. The Labute approximate surface area is 98.5 Å². The van der Waals surface area contributed by atoms with E-state index in [4.69, 9.17) is 9.47 Å². The van der Waals surface area contributed by atoms with Crippen molar-refractivity contribution in [1.82, 2.24) is 0 Å². The number of cyclic esters (lactones) is 1. The maximum absolute atomic E-state index is 10.7.